The van der Waals surface area contributed by atoms with E-state index in [2.05, 4.69) is 9.97 Å². The molecule has 0 aliphatic rings. The molecule has 0 saturated heterocycles. The Morgan fingerprint density at radius 2 is 1.88 bits per heavy atom. The second-order valence-corrected chi connectivity index (χ2v) is 5.08. The number of halogens is 3. The summed E-state index contributed by atoms with van der Waals surface area (Å²) in [7, 11) is 0. The minimum absolute atomic E-state index is 0.121. The van der Waals surface area contributed by atoms with Crippen molar-refractivity contribution in [1.29, 1.82) is 0 Å². The largest absolute Gasteiger partial charge is 0.471 e. The molecule has 1 rings (SSSR count). The lowest BCUT2D eigenvalue weighted by atomic mass is 9.96. The predicted molar refractivity (Wildman–Crippen MR) is 62.0 cm³/mol. The number of alkyl halides is 2. The van der Waals surface area contributed by atoms with Crippen molar-refractivity contribution in [2.24, 2.45) is 0 Å². The molecular weight excluding hydrogens is 250 g/mol. The molecule has 1 heterocycles. The van der Waals surface area contributed by atoms with Crippen LogP contribution in [0.15, 0.2) is 0 Å². The molecule has 0 bridgehead atoms. The number of hydrogen-bond donors (Lipinski definition) is 0. The molecule has 0 N–H and O–H groups in total. The van der Waals surface area contributed by atoms with Crippen molar-refractivity contribution in [3.05, 3.63) is 16.5 Å². The van der Waals surface area contributed by atoms with Crippen molar-refractivity contribution in [3.63, 3.8) is 0 Å². The van der Waals surface area contributed by atoms with Crippen LogP contribution in [0.2, 0.25) is 5.15 Å². The van der Waals surface area contributed by atoms with E-state index in [9.17, 15) is 8.78 Å². The van der Waals surface area contributed by atoms with Gasteiger partial charge in [-0.05, 0) is 6.92 Å². The minimum Gasteiger partial charge on any atom is -0.471 e. The zero-order valence-electron chi connectivity index (χ0n) is 10.2. The summed E-state index contributed by atoms with van der Waals surface area (Å²) in [5.41, 5.74) is 0.153. The van der Waals surface area contributed by atoms with Crippen LogP contribution in [0.4, 0.5) is 8.78 Å². The molecule has 0 atom stereocenters. The lowest BCUT2D eigenvalue weighted by molar-refractivity contribution is 0.0789. The highest BCUT2D eigenvalue weighted by molar-refractivity contribution is 6.30. The van der Waals surface area contributed by atoms with E-state index in [1.165, 1.54) is 0 Å². The molecule has 1 aromatic heterocycles. The van der Waals surface area contributed by atoms with E-state index in [0.717, 1.165) is 0 Å². The van der Waals surface area contributed by atoms with Gasteiger partial charge in [0.25, 0.3) is 6.43 Å². The third-order valence-corrected chi connectivity index (χ3v) is 2.43. The Labute approximate surface area is 104 Å². The molecule has 0 radical (unpaired) electrons. The molecule has 0 spiro atoms. The standard InChI is InChI=1S/C11H15ClF2N2O/c1-6-8(12)15-10(11(2,3)4)16-9(6)17-5-7(13)14/h7H,5H2,1-4H3. The molecular formula is C11H15ClF2N2O. The lowest BCUT2D eigenvalue weighted by Crippen LogP contribution is -2.18. The number of rotatable bonds is 3. The molecule has 1 aromatic rings. The van der Waals surface area contributed by atoms with Gasteiger partial charge in [0.05, 0.1) is 0 Å². The minimum atomic E-state index is -2.54. The highest BCUT2D eigenvalue weighted by atomic mass is 35.5. The first kappa shape index (κ1) is 14.1. The van der Waals surface area contributed by atoms with Crippen LogP contribution < -0.4 is 4.74 Å². The summed E-state index contributed by atoms with van der Waals surface area (Å²) >= 11 is 5.92. The maximum absolute atomic E-state index is 12.1. The average Bonchev–Trinajstić information content (AvgIpc) is 2.18. The van der Waals surface area contributed by atoms with Crippen LogP contribution in [0.1, 0.15) is 32.2 Å². The second-order valence-electron chi connectivity index (χ2n) is 4.72. The summed E-state index contributed by atoms with van der Waals surface area (Å²) in [6.45, 7) is 6.66. The van der Waals surface area contributed by atoms with Crippen molar-refractivity contribution in [3.8, 4) is 5.88 Å². The predicted octanol–water partition coefficient (Wildman–Crippen LogP) is 3.38. The Balaban J connectivity index is 3.07. The summed E-state index contributed by atoms with van der Waals surface area (Å²) in [5.74, 6) is 0.590. The normalized spacial score (nSPS) is 12.0. The Kier molecular flexibility index (Phi) is 4.25. The van der Waals surface area contributed by atoms with Crippen LogP contribution >= 0.6 is 11.6 Å². The Hall–Kier alpha value is -0.970. The van der Waals surface area contributed by atoms with Gasteiger partial charge in [0.1, 0.15) is 11.0 Å². The van der Waals surface area contributed by atoms with E-state index in [4.69, 9.17) is 16.3 Å². The van der Waals surface area contributed by atoms with E-state index >= 15 is 0 Å². The average molecular weight is 265 g/mol. The molecule has 0 saturated carbocycles. The molecule has 0 fully saturated rings. The third-order valence-electron chi connectivity index (χ3n) is 2.06. The molecule has 17 heavy (non-hydrogen) atoms. The van der Waals surface area contributed by atoms with E-state index in [0.29, 0.717) is 11.4 Å². The summed E-state index contributed by atoms with van der Waals surface area (Å²) in [5, 5.41) is 0.231. The Bertz CT molecular complexity index is 405. The summed E-state index contributed by atoms with van der Waals surface area (Å²) in [6.07, 6.45) is -2.54. The number of ether oxygens (including phenoxy) is 1. The maximum atomic E-state index is 12.1. The topological polar surface area (TPSA) is 35.0 Å². The van der Waals surface area contributed by atoms with Gasteiger partial charge in [-0.3, -0.25) is 0 Å². The molecule has 3 nitrogen and oxygen atoms in total. The van der Waals surface area contributed by atoms with Crippen molar-refractivity contribution in [2.75, 3.05) is 6.61 Å². The van der Waals surface area contributed by atoms with E-state index in [1.807, 2.05) is 20.8 Å². The lowest BCUT2D eigenvalue weighted by Gasteiger charge is -2.18. The van der Waals surface area contributed by atoms with Crippen molar-refractivity contribution in [2.45, 2.75) is 39.5 Å². The van der Waals surface area contributed by atoms with Gasteiger partial charge >= 0.3 is 0 Å². The first-order valence-corrected chi connectivity index (χ1v) is 5.55. The van der Waals surface area contributed by atoms with E-state index in [-0.39, 0.29) is 16.4 Å². The van der Waals surface area contributed by atoms with Crippen LogP contribution in [0.3, 0.4) is 0 Å². The monoisotopic (exact) mass is 264 g/mol. The van der Waals surface area contributed by atoms with Gasteiger partial charge in [0, 0.05) is 11.0 Å². The Morgan fingerprint density at radius 3 is 2.35 bits per heavy atom. The second kappa shape index (κ2) is 5.12. The first-order valence-electron chi connectivity index (χ1n) is 5.17. The number of nitrogens with zero attached hydrogens (tertiary/aromatic N) is 2. The van der Waals surface area contributed by atoms with Gasteiger partial charge in [0.2, 0.25) is 5.88 Å². The first-order chi connectivity index (χ1) is 7.71. The molecule has 0 amide bonds. The quantitative estimate of drug-likeness (QED) is 0.785. The van der Waals surface area contributed by atoms with E-state index < -0.39 is 13.0 Å². The number of hydrogen-bond acceptors (Lipinski definition) is 3. The highest BCUT2D eigenvalue weighted by Crippen LogP contribution is 2.27. The SMILES string of the molecule is Cc1c(Cl)nc(C(C)(C)C)nc1OCC(F)F. The van der Waals surface area contributed by atoms with Crippen molar-refractivity contribution in [1.82, 2.24) is 9.97 Å². The molecule has 0 aliphatic heterocycles. The number of aromatic nitrogens is 2. The summed E-state index contributed by atoms with van der Waals surface area (Å²) < 4.78 is 29.1. The maximum Gasteiger partial charge on any atom is 0.272 e. The molecule has 0 aromatic carbocycles. The van der Waals surface area contributed by atoms with Crippen LogP contribution in [0.5, 0.6) is 5.88 Å². The van der Waals surface area contributed by atoms with Gasteiger partial charge in [0.15, 0.2) is 6.61 Å². The van der Waals surface area contributed by atoms with Gasteiger partial charge in [-0.15, -0.1) is 0 Å². The van der Waals surface area contributed by atoms with Crippen molar-refractivity contribution >= 4 is 11.6 Å². The summed E-state index contributed by atoms with van der Waals surface area (Å²) in [4.78, 5) is 8.24. The molecule has 0 unspecified atom stereocenters. The van der Waals surface area contributed by atoms with Crippen LogP contribution in [-0.4, -0.2) is 23.0 Å². The zero-order chi connectivity index (χ0) is 13.2. The summed E-state index contributed by atoms with van der Waals surface area (Å²) in [6, 6.07) is 0. The van der Waals surface area contributed by atoms with Crippen LogP contribution in [0.25, 0.3) is 0 Å². The fourth-order valence-corrected chi connectivity index (χ4v) is 1.25. The Morgan fingerprint density at radius 1 is 1.29 bits per heavy atom. The molecule has 6 heteroatoms. The highest BCUT2D eigenvalue weighted by Gasteiger charge is 2.21. The van der Waals surface area contributed by atoms with Gasteiger partial charge in [-0.1, -0.05) is 32.4 Å². The molecule has 96 valence electrons. The van der Waals surface area contributed by atoms with E-state index in [1.54, 1.807) is 6.92 Å². The van der Waals surface area contributed by atoms with Gasteiger partial charge in [-0.2, -0.15) is 4.98 Å². The van der Waals surface area contributed by atoms with Crippen molar-refractivity contribution < 1.29 is 13.5 Å². The van der Waals surface area contributed by atoms with Gasteiger partial charge < -0.3 is 4.74 Å². The smallest absolute Gasteiger partial charge is 0.272 e. The van der Waals surface area contributed by atoms with Crippen LogP contribution in [0, 0.1) is 6.92 Å². The zero-order valence-corrected chi connectivity index (χ0v) is 11.0. The third kappa shape index (κ3) is 3.77. The molecule has 0 aliphatic carbocycles. The van der Waals surface area contributed by atoms with Crippen LogP contribution in [-0.2, 0) is 5.41 Å². The fraction of sp³-hybridized carbons (Fsp3) is 0.636. The van der Waals surface area contributed by atoms with Gasteiger partial charge in [-0.25, -0.2) is 13.8 Å². The fourth-order valence-electron chi connectivity index (χ4n) is 1.09.